The number of para-hydroxylation sites is 1. The first-order valence-corrected chi connectivity index (χ1v) is 7.58. The number of aromatic amines is 1. The highest BCUT2D eigenvalue weighted by Gasteiger charge is 2.20. The Bertz CT molecular complexity index is 776. The molecule has 1 heterocycles. The van der Waals surface area contributed by atoms with E-state index >= 15 is 0 Å². The Labute approximate surface area is 130 Å². The fourth-order valence-corrected chi connectivity index (χ4v) is 2.80. The zero-order valence-electron chi connectivity index (χ0n) is 12.8. The number of fused-ring (bicyclic) bond motifs is 1. The summed E-state index contributed by atoms with van der Waals surface area (Å²) >= 11 is 0. The molecule has 0 amide bonds. The number of ketones is 1. The first-order valence-electron chi connectivity index (χ1n) is 7.58. The van der Waals surface area contributed by atoms with Gasteiger partial charge in [-0.25, -0.2) is 0 Å². The Morgan fingerprint density at radius 3 is 2.45 bits per heavy atom. The van der Waals surface area contributed by atoms with Crippen molar-refractivity contribution in [2.24, 2.45) is 0 Å². The molecule has 1 aromatic heterocycles. The normalized spacial score (nSPS) is 13.9. The number of carbonyl (C=O) groups excluding carboxylic acids is 1. The number of aromatic nitrogens is 1. The van der Waals surface area contributed by atoms with Crippen LogP contribution in [0.3, 0.4) is 0 Å². The molecule has 22 heavy (non-hydrogen) atoms. The first-order chi connectivity index (χ1) is 10.7. The monoisotopic (exact) mass is 292 g/mol. The van der Waals surface area contributed by atoms with E-state index in [1.807, 2.05) is 49.4 Å². The second-order valence-electron chi connectivity index (χ2n) is 5.63. The van der Waals surface area contributed by atoms with E-state index in [4.69, 9.17) is 0 Å². The fraction of sp³-hybridized carbons (Fsp3) is 0.211. The van der Waals surface area contributed by atoms with Gasteiger partial charge in [-0.15, -0.1) is 0 Å². The highest BCUT2D eigenvalue weighted by molar-refractivity contribution is 6.10. The number of Topliss-reactive ketones (excluding diaryl/α,β-unsaturated/α-hetero) is 1. The van der Waals surface area contributed by atoms with Gasteiger partial charge in [-0.1, -0.05) is 48.5 Å². The van der Waals surface area contributed by atoms with Gasteiger partial charge in [0.05, 0.1) is 6.04 Å². The number of hydrogen-bond donors (Lipinski definition) is 2. The van der Waals surface area contributed by atoms with Crippen LogP contribution in [0.25, 0.3) is 10.9 Å². The predicted octanol–water partition coefficient (Wildman–Crippen LogP) is 4.09. The lowest BCUT2D eigenvalue weighted by molar-refractivity contribution is 0.0947. The molecule has 0 aliphatic heterocycles. The SMILES string of the molecule is C[C@@H](N[C@H](C)c1ccccc1)C(=O)c1c[nH]c2ccccc12. The van der Waals surface area contributed by atoms with Crippen LogP contribution in [0.15, 0.2) is 60.8 Å². The third-order valence-corrected chi connectivity index (χ3v) is 4.05. The van der Waals surface area contributed by atoms with E-state index in [1.165, 1.54) is 5.56 Å². The van der Waals surface area contributed by atoms with Gasteiger partial charge in [-0.05, 0) is 25.5 Å². The van der Waals surface area contributed by atoms with Crippen molar-refractivity contribution < 1.29 is 4.79 Å². The van der Waals surface area contributed by atoms with E-state index in [1.54, 1.807) is 6.20 Å². The van der Waals surface area contributed by atoms with Crippen molar-refractivity contribution in [1.29, 1.82) is 0 Å². The maximum Gasteiger partial charge on any atom is 0.181 e. The molecule has 3 heteroatoms. The molecule has 0 unspecified atom stereocenters. The molecule has 0 radical (unpaired) electrons. The van der Waals surface area contributed by atoms with Crippen molar-refractivity contribution in [3.8, 4) is 0 Å². The molecular formula is C19H20N2O. The van der Waals surface area contributed by atoms with Gasteiger partial charge in [0.1, 0.15) is 0 Å². The van der Waals surface area contributed by atoms with E-state index < -0.39 is 0 Å². The van der Waals surface area contributed by atoms with Crippen molar-refractivity contribution in [3.63, 3.8) is 0 Å². The summed E-state index contributed by atoms with van der Waals surface area (Å²) in [5.41, 5.74) is 2.92. The summed E-state index contributed by atoms with van der Waals surface area (Å²) in [4.78, 5) is 15.9. The van der Waals surface area contributed by atoms with Crippen molar-refractivity contribution in [2.75, 3.05) is 0 Å². The quantitative estimate of drug-likeness (QED) is 0.696. The molecule has 0 aliphatic carbocycles. The van der Waals surface area contributed by atoms with Crippen LogP contribution in [-0.4, -0.2) is 16.8 Å². The number of H-pyrrole nitrogens is 1. The fourth-order valence-electron chi connectivity index (χ4n) is 2.80. The summed E-state index contributed by atoms with van der Waals surface area (Å²) in [6.07, 6.45) is 1.80. The summed E-state index contributed by atoms with van der Waals surface area (Å²) in [6, 6.07) is 17.9. The first kappa shape index (κ1) is 14.5. The topological polar surface area (TPSA) is 44.9 Å². The maximum absolute atomic E-state index is 12.7. The van der Waals surface area contributed by atoms with Crippen molar-refractivity contribution >= 4 is 16.7 Å². The van der Waals surface area contributed by atoms with E-state index in [2.05, 4.69) is 29.4 Å². The minimum absolute atomic E-state index is 0.111. The lowest BCUT2D eigenvalue weighted by Gasteiger charge is -2.19. The summed E-state index contributed by atoms with van der Waals surface area (Å²) in [6.45, 7) is 4.00. The third kappa shape index (κ3) is 2.81. The molecule has 0 aliphatic rings. The van der Waals surface area contributed by atoms with Crippen LogP contribution >= 0.6 is 0 Å². The molecule has 3 nitrogen and oxygen atoms in total. The molecular weight excluding hydrogens is 272 g/mol. The Kier molecular flexibility index (Phi) is 4.07. The summed E-state index contributed by atoms with van der Waals surface area (Å²) < 4.78 is 0. The van der Waals surface area contributed by atoms with Gasteiger partial charge in [-0.3, -0.25) is 4.79 Å². The molecule has 0 fully saturated rings. The third-order valence-electron chi connectivity index (χ3n) is 4.05. The summed E-state index contributed by atoms with van der Waals surface area (Å²) in [7, 11) is 0. The number of hydrogen-bond acceptors (Lipinski definition) is 2. The number of nitrogens with one attached hydrogen (secondary N) is 2. The molecule has 0 saturated heterocycles. The molecule has 0 bridgehead atoms. The number of rotatable bonds is 5. The van der Waals surface area contributed by atoms with Crippen LogP contribution in [0.4, 0.5) is 0 Å². The molecule has 3 rings (SSSR count). The molecule has 0 saturated carbocycles. The second kappa shape index (κ2) is 6.16. The predicted molar refractivity (Wildman–Crippen MR) is 90.1 cm³/mol. The Morgan fingerprint density at radius 2 is 1.68 bits per heavy atom. The Hall–Kier alpha value is -2.39. The van der Waals surface area contributed by atoms with Gasteiger partial charge in [0.25, 0.3) is 0 Å². The van der Waals surface area contributed by atoms with Crippen molar-refractivity contribution in [2.45, 2.75) is 25.9 Å². The second-order valence-corrected chi connectivity index (χ2v) is 5.63. The summed E-state index contributed by atoms with van der Waals surface area (Å²) in [5.74, 6) is 0.111. The van der Waals surface area contributed by atoms with Crippen LogP contribution < -0.4 is 5.32 Å². The van der Waals surface area contributed by atoms with Crippen molar-refractivity contribution in [3.05, 3.63) is 71.9 Å². The standard InChI is InChI=1S/C19H20N2O/c1-13(15-8-4-3-5-9-15)21-14(2)19(22)17-12-20-18-11-7-6-10-16(17)18/h3-14,20-21H,1-2H3/t13-,14-/m1/s1. The van der Waals surface area contributed by atoms with E-state index in [0.29, 0.717) is 0 Å². The van der Waals surface area contributed by atoms with Crippen LogP contribution in [0.2, 0.25) is 0 Å². The molecule has 2 atom stereocenters. The van der Waals surface area contributed by atoms with Gasteiger partial charge < -0.3 is 10.3 Å². The molecule has 3 aromatic rings. The number of carbonyl (C=O) groups is 1. The Balaban J connectivity index is 1.77. The Morgan fingerprint density at radius 1 is 1.00 bits per heavy atom. The smallest absolute Gasteiger partial charge is 0.181 e. The van der Waals surface area contributed by atoms with Crippen LogP contribution in [0.5, 0.6) is 0 Å². The van der Waals surface area contributed by atoms with Gasteiger partial charge in [-0.2, -0.15) is 0 Å². The van der Waals surface area contributed by atoms with Crippen LogP contribution in [0.1, 0.15) is 35.8 Å². The number of benzene rings is 2. The molecule has 112 valence electrons. The van der Waals surface area contributed by atoms with E-state index in [9.17, 15) is 4.79 Å². The van der Waals surface area contributed by atoms with E-state index in [-0.39, 0.29) is 17.9 Å². The summed E-state index contributed by atoms with van der Waals surface area (Å²) in [5, 5.41) is 4.37. The van der Waals surface area contributed by atoms with Gasteiger partial charge >= 0.3 is 0 Å². The minimum atomic E-state index is -0.241. The zero-order chi connectivity index (χ0) is 15.5. The van der Waals surface area contributed by atoms with Crippen LogP contribution in [0, 0.1) is 0 Å². The van der Waals surface area contributed by atoms with E-state index in [0.717, 1.165) is 16.5 Å². The highest BCUT2D eigenvalue weighted by atomic mass is 16.1. The average Bonchev–Trinajstić information content (AvgIpc) is 2.99. The largest absolute Gasteiger partial charge is 0.360 e. The minimum Gasteiger partial charge on any atom is -0.360 e. The lowest BCUT2D eigenvalue weighted by atomic mass is 10.0. The maximum atomic E-state index is 12.7. The zero-order valence-corrected chi connectivity index (χ0v) is 12.8. The molecule has 0 spiro atoms. The van der Waals surface area contributed by atoms with Crippen molar-refractivity contribution in [1.82, 2.24) is 10.3 Å². The van der Waals surface area contributed by atoms with Gasteiger partial charge in [0.15, 0.2) is 5.78 Å². The average molecular weight is 292 g/mol. The lowest BCUT2D eigenvalue weighted by Crippen LogP contribution is -2.35. The van der Waals surface area contributed by atoms with Gasteiger partial charge in [0, 0.05) is 28.7 Å². The molecule has 2 N–H and O–H groups in total. The molecule has 2 aromatic carbocycles. The highest BCUT2D eigenvalue weighted by Crippen LogP contribution is 2.20. The van der Waals surface area contributed by atoms with Crippen LogP contribution in [-0.2, 0) is 0 Å². The van der Waals surface area contributed by atoms with Gasteiger partial charge in [0.2, 0.25) is 0 Å².